The number of nitrogens with one attached hydrogen (secondary N) is 1. The highest BCUT2D eigenvalue weighted by atomic mass is 32.2. The predicted molar refractivity (Wildman–Crippen MR) is 113 cm³/mol. The Morgan fingerprint density at radius 1 is 1.20 bits per heavy atom. The van der Waals surface area contributed by atoms with Gasteiger partial charge in [-0.05, 0) is 35.9 Å². The van der Waals surface area contributed by atoms with Crippen LogP contribution in [0, 0.1) is 0 Å². The Hall–Kier alpha value is -2.85. The summed E-state index contributed by atoms with van der Waals surface area (Å²) in [4.78, 5) is 26.3. The molecule has 156 valence electrons. The second-order valence-corrected chi connectivity index (χ2v) is 7.95. The molecule has 30 heavy (non-hydrogen) atoms. The van der Waals surface area contributed by atoms with Gasteiger partial charge >= 0.3 is 6.18 Å². The fraction of sp³-hybridized carbons (Fsp3) is 0.150. The lowest BCUT2D eigenvalue weighted by molar-refractivity contribution is -0.137. The van der Waals surface area contributed by atoms with E-state index < -0.39 is 23.6 Å². The molecule has 0 atom stereocenters. The Bertz CT molecular complexity index is 1040. The summed E-state index contributed by atoms with van der Waals surface area (Å²) < 4.78 is 39.3. The highest BCUT2D eigenvalue weighted by Crippen LogP contribution is 2.35. The molecule has 2 aromatic carbocycles. The average Bonchev–Trinajstić information content (AvgIpc) is 2.92. The van der Waals surface area contributed by atoms with Crippen LogP contribution in [0.25, 0.3) is 6.08 Å². The van der Waals surface area contributed by atoms with Crippen molar-refractivity contribution in [2.24, 2.45) is 0 Å². The van der Waals surface area contributed by atoms with Gasteiger partial charge in [0.2, 0.25) is 5.91 Å². The number of para-hydroxylation sites is 1. The van der Waals surface area contributed by atoms with Crippen molar-refractivity contribution in [1.29, 1.82) is 0 Å². The van der Waals surface area contributed by atoms with Crippen molar-refractivity contribution in [3.8, 4) is 5.75 Å². The van der Waals surface area contributed by atoms with Crippen LogP contribution in [-0.2, 0) is 15.8 Å². The van der Waals surface area contributed by atoms with Gasteiger partial charge in [-0.15, -0.1) is 0 Å². The Morgan fingerprint density at radius 2 is 1.93 bits per heavy atom. The van der Waals surface area contributed by atoms with E-state index in [1.54, 1.807) is 18.2 Å². The number of amides is 2. The summed E-state index contributed by atoms with van der Waals surface area (Å²) in [6.45, 7) is -0.0674. The van der Waals surface area contributed by atoms with Crippen LogP contribution in [0.1, 0.15) is 17.5 Å². The zero-order valence-electron chi connectivity index (χ0n) is 15.3. The smallest absolute Gasteiger partial charge is 0.418 e. The first-order valence-corrected chi connectivity index (χ1v) is 9.88. The van der Waals surface area contributed by atoms with E-state index in [0.717, 1.165) is 17.8 Å². The van der Waals surface area contributed by atoms with Gasteiger partial charge < -0.3 is 10.4 Å². The number of carbonyl (C=O) groups is 2. The number of thiocarbonyl (C=S) groups is 1. The molecule has 0 aromatic heterocycles. The summed E-state index contributed by atoms with van der Waals surface area (Å²) in [5.41, 5.74) is -0.681. The highest BCUT2D eigenvalue weighted by molar-refractivity contribution is 8.26. The minimum atomic E-state index is -4.60. The number of hydrogen-bond acceptors (Lipinski definition) is 5. The normalized spacial score (nSPS) is 15.7. The fourth-order valence-electron chi connectivity index (χ4n) is 2.72. The summed E-state index contributed by atoms with van der Waals surface area (Å²) in [6.07, 6.45) is -3.25. The molecule has 1 saturated heterocycles. The number of thioether (sulfide) groups is 1. The van der Waals surface area contributed by atoms with Crippen molar-refractivity contribution >= 4 is 51.9 Å². The molecular weight excluding hydrogens is 437 g/mol. The highest BCUT2D eigenvalue weighted by Gasteiger charge is 2.34. The van der Waals surface area contributed by atoms with E-state index >= 15 is 0 Å². The number of carbonyl (C=O) groups excluding carboxylic acids is 2. The van der Waals surface area contributed by atoms with Crippen molar-refractivity contribution in [1.82, 2.24) is 4.90 Å². The lowest BCUT2D eigenvalue weighted by atomic mass is 10.1. The molecule has 3 rings (SSSR count). The summed E-state index contributed by atoms with van der Waals surface area (Å²) in [5.74, 6) is -1.02. The lowest BCUT2D eigenvalue weighted by Gasteiger charge is -2.16. The number of benzene rings is 2. The third kappa shape index (κ3) is 5.19. The molecule has 0 bridgehead atoms. The van der Waals surface area contributed by atoms with Gasteiger partial charge in [0, 0.05) is 13.0 Å². The van der Waals surface area contributed by atoms with Gasteiger partial charge in [0.1, 0.15) is 10.1 Å². The number of anilines is 1. The van der Waals surface area contributed by atoms with Gasteiger partial charge in [-0.3, -0.25) is 14.5 Å². The third-order valence-corrected chi connectivity index (χ3v) is 5.49. The van der Waals surface area contributed by atoms with E-state index in [-0.39, 0.29) is 28.7 Å². The second-order valence-electron chi connectivity index (χ2n) is 6.27. The van der Waals surface area contributed by atoms with Crippen LogP contribution in [0.5, 0.6) is 5.75 Å². The van der Waals surface area contributed by atoms with Crippen LogP contribution in [-0.4, -0.2) is 32.7 Å². The molecule has 1 heterocycles. The Kier molecular flexibility index (Phi) is 6.47. The molecule has 2 amide bonds. The minimum Gasteiger partial charge on any atom is -0.508 e. The lowest BCUT2D eigenvalue weighted by Crippen LogP contribution is -2.31. The maximum Gasteiger partial charge on any atom is 0.418 e. The molecule has 1 aliphatic rings. The van der Waals surface area contributed by atoms with Gasteiger partial charge in [0.25, 0.3) is 5.91 Å². The number of rotatable bonds is 5. The standard InChI is InChI=1S/C20H15F3N2O3S2/c21-20(22,23)14-6-1-2-7-15(14)24-17(27)8-9-25-18(28)16(30-19(25)29)11-12-4-3-5-13(26)10-12/h1-7,10-11,26H,8-9H2,(H,24,27)/b16-11-. The Balaban J connectivity index is 1.64. The molecule has 2 aromatic rings. The monoisotopic (exact) mass is 452 g/mol. The Morgan fingerprint density at radius 3 is 2.63 bits per heavy atom. The van der Waals surface area contributed by atoms with Crippen LogP contribution in [0.15, 0.2) is 53.4 Å². The zero-order chi connectivity index (χ0) is 21.9. The average molecular weight is 452 g/mol. The largest absolute Gasteiger partial charge is 0.508 e. The third-order valence-electron chi connectivity index (χ3n) is 4.11. The number of halogens is 3. The molecule has 0 unspecified atom stereocenters. The van der Waals surface area contributed by atoms with E-state index in [1.807, 2.05) is 0 Å². The first kappa shape index (κ1) is 21.8. The number of phenolic OH excluding ortho intramolecular Hbond substituents is 1. The zero-order valence-corrected chi connectivity index (χ0v) is 16.9. The molecule has 2 N–H and O–H groups in total. The summed E-state index contributed by atoms with van der Waals surface area (Å²) in [6, 6.07) is 11.0. The molecule has 0 spiro atoms. The number of phenols is 1. The van der Waals surface area contributed by atoms with Crippen LogP contribution < -0.4 is 5.32 Å². The summed E-state index contributed by atoms with van der Waals surface area (Å²) in [7, 11) is 0. The maximum absolute atomic E-state index is 13.0. The summed E-state index contributed by atoms with van der Waals surface area (Å²) >= 11 is 6.24. The molecular formula is C20H15F3N2O3S2. The first-order chi connectivity index (χ1) is 14.1. The number of alkyl halides is 3. The van der Waals surface area contributed by atoms with Crippen molar-refractivity contribution in [3.63, 3.8) is 0 Å². The Labute approximate surface area is 179 Å². The van der Waals surface area contributed by atoms with Crippen molar-refractivity contribution in [2.75, 3.05) is 11.9 Å². The molecule has 0 radical (unpaired) electrons. The van der Waals surface area contributed by atoms with E-state index in [2.05, 4.69) is 5.32 Å². The second kappa shape index (κ2) is 8.88. The van der Waals surface area contributed by atoms with E-state index in [9.17, 15) is 27.9 Å². The molecule has 1 fully saturated rings. The molecule has 0 aliphatic carbocycles. The van der Waals surface area contributed by atoms with Gasteiger partial charge in [-0.25, -0.2) is 0 Å². The predicted octanol–water partition coefficient (Wildman–Crippen LogP) is 4.64. The first-order valence-electron chi connectivity index (χ1n) is 8.65. The van der Waals surface area contributed by atoms with Crippen LogP contribution in [0.3, 0.4) is 0 Å². The fourth-order valence-corrected chi connectivity index (χ4v) is 4.03. The van der Waals surface area contributed by atoms with Crippen LogP contribution in [0.4, 0.5) is 18.9 Å². The SMILES string of the molecule is O=C(CCN1C(=O)/C(=C/c2cccc(O)c2)SC1=S)Nc1ccccc1C(F)(F)F. The van der Waals surface area contributed by atoms with Gasteiger partial charge in [-0.1, -0.05) is 48.2 Å². The number of aromatic hydroxyl groups is 1. The van der Waals surface area contributed by atoms with Gasteiger partial charge in [-0.2, -0.15) is 13.2 Å². The molecule has 1 aliphatic heterocycles. The van der Waals surface area contributed by atoms with Crippen molar-refractivity contribution in [3.05, 3.63) is 64.6 Å². The quantitative estimate of drug-likeness (QED) is 0.511. The maximum atomic E-state index is 13.0. The van der Waals surface area contributed by atoms with Gasteiger partial charge in [0.15, 0.2) is 0 Å². The van der Waals surface area contributed by atoms with E-state index in [1.165, 1.54) is 35.2 Å². The minimum absolute atomic E-state index is 0.0510. The number of hydrogen-bond donors (Lipinski definition) is 2. The topological polar surface area (TPSA) is 69.6 Å². The van der Waals surface area contributed by atoms with Gasteiger partial charge in [0.05, 0.1) is 16.2 Å². The number of nitrogens with zero attached hydrogens (tertiary/aromatic N) is 1. The molecule has 5 nitrogen and oxygen atoms in total. The van der Waals surface area contributed by atoms with Crippen LogP contribution >= 0.6 is 24.0 Å². The molecule has 10 heteroatoms. The molecule has 0 saturated carbocycles. The van der Waals surface area contributed by atoms with Crippen LogP contribution in [0.2, 0.25) is 0 Å². The summed E-state index contributed by atoms with van der Waals surface area (Å²) in [5, 5.41) is 11.8. The van der Waals surface area contributed by atoms with E-state index in [4.69, 9.17) is 12.2 Å². The van der Waals surface area contributed by atoms with Crippen molar-refractivity contribution in [2.45, 2.75) is 12.6 Å². The van der Waals surface area contributed by atoms with E-state index in [0.29, 0.717) is 10.5 Å². The van der Waals surface area contributed by atoms with Crippen molar-refractivity contribution < 1.29 is 27.9 Å².